The highest BCUT2D eigenvalue weighted by atomic mass is 19.4. The number of nitrogens with zero attached hydrogens (tertiary/aromatic N) is 3. The SMILES string of the molecule is Nc1ncc(-c2ccc(C(=O)N3CCC[C@H]3CN3CCCC3)cc2)cc1OCc1ccccc1C(F)(F)F. The van der Waals surface area contributed by atoms with E-state index in [1.807, 2.05) is 17.0 Å². The van der Waals surface area contributed by atoms with Crippen molar-refractivity contribution in [3.8, 4) is 16.9 Å². The summed E-state index contributed by atoms with van der Waals surface area (Å²) in [5.41, 5.74) is 7.33. The van der Waals surface area contributed by atoms with E-state index in [4.69, 9.17) is 10.5 Å². The molecule has 0 aliphatic carbocycles. The van der Waals surface area contributed by atoms with Crippen LogP contribution in [0.1, 0.15) is 47.2 Å². The Morgan fingerprint density at radius 2 is 1.74 bits per heavy atom. The van der Waals surface area contributed by atoms with Crippen molar-refractivity contribution in [1.29, 1.82) is 0 Å². The average molecular weight is 525 g/mol. The van der Waals surface area contributed by atoms with Gasteiger partial charge >= 0.3 is 6.18 Å². The molecule has 2 aliphatic rings. The van der Waals surface area contributed by atoms with Gasteiger partial charge < -0.3 is 20.3 Å². The van der Waals surface area contributed by atoms with Crippen molar-refractivity contribution in [2.45, 2.75) is 44.5 Å². The van der Waals surface area contributed by atoms with Crippen LogP contribution in [0, 0.1) is 0 Å². The first-order valence-electron chi connectivity index (χ1n) is 13.0. The van der Waals surface area contributed by atoms with E-state index in [1.54, 1.807) is 24.4 Å². The summed E-state index contributed by atoms with van der Waals surface area (Å²) in [4.78, 5) is 21.9. The van der Waals surface area contributed by atoms with Crippen LogP contribution in [0.15, 0.2) is 60.8 Å². The normalized spacial score (nSPS) is 18.2. The number of rotatable bonds is 7. The number of carbonyl (C=O) groups is 1. The molecular formula is C29H31F3N4O2. The second-order valence-corrected chi connectivity index (χ2v) is 9.93. The molecule has 200 valence electrons. The molecular weight excluding hydrogens is 493 g/mol. The minimum Gasteiger partial charge on any atom is -0.485 e. The highest BCUT2D eigenvalue weighted by Gasteiger charge is 2.33. The highest BCUT2D eigenvalue weighted by molar-refractivity contribution is 5.95. The second kappa shape index (κ2) is 11.0. The summed E-state index contributed by atoms with van der Waals surface area (Å²) in [5, 5.41) is 0. The van der Waals surface area contributed by atoms with Crippen molar-refractivity contribution in [1.82, 2.24) is 14.8 Å². The summed E-state index contributed by atoms with van der Waals surface area (Å²) < 4.78 is 45.6. The molecule has 2 saturated heterocycles. The molecule has 1 atom stereocenters. The lowest BCUT2D eigenvalue weighted by atomic mass is 10.0. The molecule has 1 amide bonds. The number of benzene rings is 2. The number of hydrogen-bond acceptors (Lipinski definition) is 5. The van der Waals surface area contributed by atoms with E-state index < -0.39 is 11.7 Å². The number of alkyl halides is 3. The molecule has 6 nitrogen and oxygen atoms in total. The number of halogens is 3. The first-order chi connectivity index (χ1) is 18.3. The third-order valence-electron chi connectivity index (χ3n) is 7.36. The molecule has 2 aromatic carbocycles. The number of likely N-dealkylation sites (tertiary alicyclic amines) is 2. The Hall–Kier alpha value is -3.59. The lowest BCUT2D eigenvalue weighted by molar-refractivity contribution is -0.138. The first-order valence-corrected chi connectivity index (χ1v) is 13.0. The maximum absolute atomic E-state index is 13.3. The van der Waals surface area contributed by atoms with E-state index in [2.05, 4.69) is 9.88 Å². The number of hydrogen-bond donors (Lipinski definition) is 1. The van der Waals surface area contributed by atoms with Gasteiger partial charge in [-0.3, -0.25) is 4.79 Å². The van der Waals surface area contributed by atoms with Crippen LogP contribution in [0.2, 0.25) is 0 Å². The van der Waals surface area contributed by atoms with Gasteiger partial charge in [0.2, 0.25) is 0 Å². The molecule has 0 saturated carbocycles. The molecule has 2 N–H and O–H groups in total. The van der Waals surface area contributed by atoms with Crippen LogP contribution < -0.4 is 10.5 Å². The summed E-state index contributed by atoms with van der Waals surface area (Å²) in [6.07, 6.45) is 1.62. The standard InChI is InChI=1S/C29H31F3N4O2/c30-29(31,32)25-8-2-1-6-22(25)19-38-26-16-23(17-34-27(26)33)20-9-11-21(12-10-20)28(37)36-15-5-7-24(36)18-35-13-3-4-14-35/h1-2,6,8-12,16-17,24H,3-5,7,13-15,18-19H2,(H2,33,34)/t24-/m0/s1. The number of carbonyl (C=O) groups excluding carboxylic acids is 1. The van der Waals surface area contributed by atoms with Gasteiger partial charge in [-0.15, -0.1) is 0 Å². The molecule has 38 heavy (non-hydrogen) atoms. The summed E-state index contributed by atoms with van der Waals surface area (Å²) in [5.74, 6) is 0.325. The van der Waals surface area contributed by atoms with Gasteiger partial charge in [-0.25, -0.2) is 4.98 Å². The second-order valence-electron chi connectivity index (χ2n) is 9.93. The Kier molecular flexibility index (Phi) is 7.56. The molecule has 0 radical (unpaired) electrons. The number of ether oxygens (including phenoxy) is 1. The van der Waals surface area contributed by atoms with Crippen molar-refractivity contribution in [3.63, 3.8) is 0 Å². The van der Waals surface area contributed by atoms with Crippen LogP contribution in [0.3, 0.4) is 0 Å². The van der Waals surface area contributed by atoms with Gasteiger partial charge in [0, 0.05) is 42.0 Å². The molecule has 3 heterocycles. The predicted molar refractivity (Wildman–Crippen MR) is 140 cm³/mol. The Balaban J connectivity index is 1.28. The lowest BCUT2D eigenvalue weighted by Crippen LogP contribution is -2.42. The molecule has 2 aliphatic heterocycles. The van der Waals surface area contributed by atoms with Gasteiger partial charge in [0.25, 0.3) is 5.91 Å². The monoisotopic (exact) mass is 524 g/mol. The van der Waals surface area contributed by atoms with E-state index in [0.717, 1.165) is 50.7 Å². The van der Waals surface area contributed by atoms with Crippen LogP contribution in [-0.4, -0.2) is 52.9 Å². The lowest BCUT2D eigenvalue weighted by Gasteiger charge is -2.28. The number of amides is 1. The van der Waals surface area contributed by atoms with Crippen molar-refractivity contribution in [2.75, 3.05) is 31.9 Å². The molecule has 2 fully saturated rings. The smallest absolute Gasteiger partial charge is 0.416 e. The maximum Gasteiger partial charge on any atom is 0.416 e. The summed E-state index contributed by atoms with van der Waals surface area (Å²) in [6, 6.07) is 14.5. The third kappa shape index (κ3) is 5.78. The maximum atomic E-state index is 13.3. The number of pyridine rings is 1. The molecule has 9 heteroatoms. The minimum absolute atomic E-state index is 0.0117. The molecule has 5 rings (SSSR count). The van der Waals surface area contributed by atoms with Crippen molar-refractivity contribution in [2.24, 2.45) is 0 Å². The van der Waals surface area contributed by atoms with Gasteiger partial charge in [-0.1, -0.05) is 30.3 Å². The predicted octanol–water partition coefficient (Wildman–Crippen LogP) is 5.63. The Morgan fingerprint density at radius 3 is 2.47 bits per heavy atom. The summed E-state index contributed by atoms with van der Waals surface area (Å²) in [7, 11) is 0. The van der Waals surface area contributed by atoms with Crippen molar-refractivity contribution < 1.29 is 22.7 Å². The Bertz CT molecular complexity index is 1270. The quantitative estimate of drug-likeness (QED) is 0.434. The van der Waals surface area contributed by atoms with Gasteiger partial charge in [0.05, 0.1) is 5.56 Å². The number of aromatic nitrogens is 1. The van der Waals surface area contributed by atoms with Crippen LogP contribution >= 0.6 is 0 Å². The molecule has 1 aromatic heterocycles. The zero-order valence-corrected chi connectivity index (χ0v) is 21.1. The fourth-order valence-electron chi connectivity index (χ4n) is 5.33. The van der Waals surface area contributed by atoms with E-state index in [1.165, 1.54) is 31.0 Å². The minimum atomic E-state index is -4.48. The van der Waals surface area contributed by atoms with Gasteiger partial charge in [-0.05, 0) is 68.6 Å². The zero-order chi connectivity index (χ0) is 26.7. The molecule has 3 aromatic rings. The number of nitrogen functional groups attached to an aromatic ring is 1. The van der Waals surface area contributed by atoms with Crippen LogP contribution in [0.4, 0.5) is 19.0 Å². The van der Waals surface area contributed by atoms with Crippen molar-refractivity contribution in [3.05, 3.63) is 77.5 Å². The van der Waals surface area contributed by atoms with Crippen LogP contribution in [0.5, 0.6) is 5.75 Å². The van der Waals surface area contributed by atoms with E-state index in [9.17, 15) is 18.0 Å². The third-order valence-corrected chi connectivity index (χ3v) is 7.36. The van der Waals surface area contributed by atoms with E-state index in [0.29, 0.717) is 11.1 Å². The molecule has 0 spiro atoms. The number of anilines is 1. The first kappa shape index (κ1) is 26.0. The fourth-order valence-corrected chi connectivity index (χ4v) is 5.33. The van der Waals surface area contributed by atoms with Gasteiger partial charge in [-0.2, -0.15) is 13.2 Å². The van der Waals surface area contributed by atoms with E-state index >= 15 is 0 Å². The Labute approximate surface area is 220 Å². The van der Waals surface area contributed by atoms with Gasteiger partial charge in [0.15, 0.2) is 11.6 Å². The highest BCUT2D eigenvalue weighted by Crippen LogP contribution is 2.33. The Morgan fingerprint density at radius 1 is 1.00 bits per heavy atom. The largest absolute Gasteiger partial charge is 0.485 e. The van der Waals surface area contributed by atoms with Crippen LogP contribution in [0.25, 0.3) is 11.1 Å². The zero-order valence-electron chi connectivity index (χ0n) is 21.1. The topological polar surface area (TPSA) is 71.7 Å². The van der Waals surface area contributed by atoms with Gasteiger partial charge in [0.1, 0.15) is 6.61 Å². The van der Waals surface area contributed by atoms with E-state index in [-0.39, 0.29) is 35.7 Å². The molecule has 0 unspecified atom stereocenters. The summed E-state index contributed by atoms with van der Waals surface area (Å²) >= 11 is 0. The average Bonchev–Trinajstić information content (AvgIpc) is 3.60. The van der Waals surface area contributed by atoms with Crippen LogP contribution in [-0.2, 0) is 12.8 Å². The fraction of sp³-hybridized carbons (Fsp3) is 0.379. The molecule has 0 bridgehead atoms. The van der Waals surface area contributed by atoms with Crippen molar-refractivity contribution >= 4 is 11.7 Å². The summed E-state index contributed by atoms with van der Waals surface area (Å²) in [6.45, 7) is 3.65. The number of nitrogens with two attached hydrogens (primary N) is 1.